The second-order valence-corrected chi connectivity index (χ2v) is 5.43. The van der Waals surface area contributed by atoms with Crippen molar-refractivity contribution in [2.45, 2.75) is 39.2 Å². The lowest BCUT2D eigenvalue weighted by Gasteiger charge is -2.24. The Morgan fingerprint density at radius 2 is 2.19 bits per heavy atom. The number of ether oxygens (including phenoxy) is 1. The number of nitrogens with zero attached hydrogens (tertiary/aromatic N) is 1. The molecule has 1 aromatic rings. The molecule has 1 heterocycles. The summed E-state index contributed by atoms with van der Waals surface area (Å²) in [6, 6.07) is 5.49. The van der Waals surface area contributed by atoms with E-state index in [0.29, 0.717) is 17.9 Å². The number of hydrogen-bond acceptors (Lipinski definition) is 3. The third-order valence-electron chi connectivity index (χ3n) is 3.60. The molecule has 2 amide bonds. The maximum absolute atomic E-state index is 12.1. The maximum Gasteiger partial charge on any atom is 0.265 e. The van der Waals surface area contributed by atoms with Crippen LogP contribution < -0.4 is 10.1 Å². The first-order chi connectivity index (χ1) is 10.0. The highest BCUT2D eigenvalue weighted by molar-refractivity contribution is 5.97. The van der Waals surface area contributed by atoms with Crippen LogP contribution in [0.15, 0.2) is 18.2 Å². The first-order valence-electron chi connectivity index (χ1n) is 7.35. The molecule has 1 aliphatic heterocycles. The molecule has 0 aromatic heterocycles. The minimum Gasteiger partial charge on any atom is -0.479 e. The third-order valence-corrected chi connectivity index (χ3v) is 3.60. The average molecular weight is 290 g/mol. The van der Waals surface area contributed by atoms with Crippen LogP contribution in [0.3, 0.4) is 0 Å². The Balaban J connectivity index is 2.04. The van der Waals surface area contributed by atoms with Crippen LogP contribution >= 0.6 is 0 Å². The third kappa shape index (κ3) is 3.74. The summed E-state index contributed by atoms with van der Waals surface area (Å²) in [6.07, 6.45) is 1.93. The molecule has 2 rings (SSSR count). The summed E-state index contributed by atoms with van der Waals surface area (Å²) in [5, 5.41) is 2.80. The number of rotatable bonds is 5. The quantitative estimate of drug-likeness (QED) is 0.904. The summed E-state index contributed by atoms with van der Waals surface area (Å²) in [5.41, 5.74) is 1.51. The summed E-state index contributed by atoms with van der Waals surface area (Å²) >= 11 is 0. The largest absolute Gasteiger partial charge is 0.479 e. The molecule has 1 atom stereocenters. The minimum absolute atomic E-state index is 0.0832. The van der Waals surface area contributed by atoms with Crippen molar-refractivity contribution in [3.8, 4) is 5.75 Å². The van der Waals surface area contributed by atoms with Gasteiger partial charge in [0.05, 0.1) is 12.1 Å². The van der Waals surface area contributed by atoms with E-state index in [1.165, 1.54) is 0 Å². The van der Waals surface area contributed by atoms with Gasteiger partial charge in [-0.1, -0.05) is 19.4 Å². The summed E-state index contributed by atoms with van der Waals surface area (Å²) in [5.74, 6) is 0.573. The van der Waals surface area contributed by atoms with Crippen molar-refractivity contribution in [2.24, 2.45) is 0 Å². The van der Waals surface area contributed by atoms with Gasteiger partial charge in [-0.2, -0.15) is 0 Å². The smallest absolute Gasteiger partial charge is 0.265 e. The van der Waals surface area contributed by atoms with Crippen molar-refractivity contribution >= 4 is 17.5 Å². The molecule has 1 N–H and O–H groups in total. The lowest BCUT2D eigenvalue weighted by molar-refractivity contribution is -0.129. The van der Waals surface area contributed by atoms with E-state index in [1.54, 1.807) is 17.9 Å². The van der Waals surface area contributed by atoms with E-state index in [2.05, 4.69) is 12.2 Å². The molecule has 1 aliphatic rings. The summed E-state index contributed by atoms with van der Waals surface area (Å²) in [7, 11) is 1.82. The standard InChI is InChI=1S/C16H22N2O3/c1-4-5-8-18(3)15(19)10-12-6-7-14-13(9-12)17-16(20)11(2)21-14/h6-7,9,11H,4-5,8,10H2,1-3H3,(H,17,20). The van der Waals surface area contributed by atoms with E-state index in [0.717, 1.165) is 24.9 Å². The molecule has 0 saturated heterocycles. The van der Waals surface area contributed by atoms with Gasteiger partial charge in [0.2, 0.25) is 5.91 Å². The molecule has 0 bridgehead atoms. The monoisotopic (exact) mass is 290 g/mol. The Hall–Kier alpha value is -2.04. The van der Waals surface area contributed by atoms with Crippen LogP contribution in [0, 0.1) is 0 Å². The zero-order valence-corrected chi connectivity index (χ0v) is 12.8. The molecule has 1 aromatic carbocycles. The predicted octanol–water partition coefficient (Wildman–Crippen LogP) is 2.21. The van der Waals surface area contributed by atoms with E-state index >= 15 is 0 Å². The van der Waals surface area contributed by atoms with Gasteiger partial charge in [0.15, 0.2) is 6.10 Å². The Morgan fingerprint density at radius 3 is 2.90 bits per heavy atom. The predicted molar refractivity (Wildman–Crippen MR) is 81.4 cm³/mol. The van der Waals surface area contributed by atoms with Gasteiger partial charge in [-0.25, -0.2) is 0 Å². The van der Waals surface area contributed by atoms with Crippen molar-refractivity contribution < 1.29 is 14.3 Å². The van der Waals surface area contributed by atoms with E-state index < -0.39 is 6.10 Å². The number of carbonyl (C=O) groups excluding carboxylic acids is 2. The number of benzene rings is 1. The molecular formula is C16H22N2O3. The van der Waals surface area contributed by atoms with Crippen LogP contribution in [0.4, 0.5) is 5.69 Å². The molecule has 21 heavy (non-hydrogen) atoms. The molecule has 1 unspecified atom stereocenters. The van der Waals surface area contributed by atoms with Crippen LogP contribution in [-0.2, 0) is 16.0 Å². The molecule has 0 aliphatic carbocycles. The number of likely N-dealkylation sites (N-methyl/N-ethyl adjacent to an activating group) is 1. The van der Waals surface area contributed by atoms with Crippen molar-refractivity contribution in [1.82, 2.24) is 4.90 Å². The average Bonchev–Trinajstić information content (AvgIpc) is 2.46. The van der Waals surface area contributed by atoms with Crippen molar-refractivity contribution in [2.75, 3.05) is 18.9 Å². The normalized spacial score (nSPS) is 16.7. The summed E-state index contributed by atoms with van der Waals surface area (Å²) in [4.78, 5) is 25.5. The highest BCUT2D eigenvalue weighted by Crippen LogP contribution is 2.30. The van der Waals surface area contributed by atoms with Gasteiger partial charge < -0.3 is 15.0 Å². The molecule has 0 fully saturated rings. The van der Waals surface area contributed by atoms with E-state index in [4.69, 9.17) is 4.74 Å². The summed E-state index contributed by atoms with van der Waals surface area (Å²) < 4.78 is 5.50. The number of hydrogen-bond donors (Lipinski definition) is 1. The Bertz CT molecular complexity index is 542. The van der Waals surface area contributed by atoms with Gasteiger partial charge in [-0.05, 0) is 31.0 Å². The molecule has 0 saturated carbocycles. The SMILES string of the molecule is CCCCN(C)C(=O)Cc1ccc2c(c1)NC(=O)C(C)O2. The van der Waals surface area contributed by atoms with Crippen LogP contribution in [0.25, 0.3) is 0 Å². The number of nitrogens with one attached hydrogen (secondary N) is 1. The first-order valence-corrected chi connectivity index (χ1v) is 7.35. The van der Waals surface area contributed by atoms with Gasteiger partial charge >= 0.3 is 0 Å². The number of anilines is 1. The zero-order valence-electron chi connectivity index (χ0n) is 12.8. The fourth-order valence-electron chi connectivity index (χ4n) is 2.20. The van der Waals surface area contributed by atoms with Gasteiger partial charge in [-0.15, -0.1) is 0 Å². The Kier molecular flexibility index (Phi) is 4.83. The Labute approximate surface area is 125 Å². The Morgan fingerprint density at radius 1 is 1.43 bits per heavy atom. The molecule has 114 valence electrons. The van der Waals surface area contributed by atoms with Crippen LogP contribution in [0.1, 0.15) is 32.3 Å². The molecule has 5 nitrogen and oxygen atoms in total. The second-order valence-electron chi connectivity index (χ2n) is 5.43. The first kappa shape index (κ1) is 15.4. The fourth-order valence-corrected chi connectivity index (χ4v) is 2.20. The van der Waals surface area contributed by atoms with E-state index in [1.807, 2.05) is 19.2 Å². The van der Waals surface area contributed by atoms with Gasteiger partial charge in [0, 0.05) is 13.6 Å². The van der Waals surface area contributed by atoms with Crippen LogP contribution in [0.5, 0.6) is 5.75 Å². The lowest BCUT2D eigenvalue weighted by atomic mass is 10.1. The number of unbranched alkanes of at least 4 members (excludes halogenated alkanes) is 1. The fraction of sp³-hybridized carbons (Fsp3) is 0.500. The number of carbonyl (C=O) groups is 2. The lowest BCUT2D eigenvalue weighted by Crippen LogP contribution is -2.34. The van der Waals surface area contributed by atoms with Crippen molar-refractivity contribution in [1.29, 1.82) is 0 Å². The van der Waals surface area contributed by atoms with Crippen molar-refractivity contribution in [3.63, 3.8) is 0 Å². The van der Waals surface area contributed by atoms with E-state index in [-0.39, 0.29) is 11.8 Å². The van der Waals surface area contributed by atoms with Gasteiger partial charge in [0.1, 0.15) is 5.75 Å². The number of amides is 2. The summed E-state index contributed by atoms with van der Waals surface area (Å²) in [6.45, 7) is 4.58. The van der Waals surface area contributed by atoms with Crippen molar-refractivity contribution in [3.05, 3.63) is 23.8 Å². The molecule has 0 spiro atoms. The minimum atomic E-state index is -0.481. The highest BCUT2D eigenvalue weighted by atomic mass is 16.5. The molecular weight excluding hydrogens is 268 g/mol. The second kappa shape index (κ2) is 6.61. The highest BCUT2D eigenvalue weighted by Gasteiger charge is 2.23. The van der Waals surface area contributed by atoms with Gasteiger partial charge in [0.25, 0.3) is 5.91 Å². The van der Waals surface area contributed by atoms with E-state index in [9.17, 15) is 9.59 Å². The molecule has 0 radical (unpaired) electrons. The van der Waals surface area contributed by atoms with Crippen LogP contribution in [-0.4, -0.2) is 36.4 Å². The number of fused-ring (bicyclic) bond motifs is 1. The molecule has 5 heteroatoms. The zero-order chi connectivity index (χ0) is 15.4. The topological polar surface area (TPSA) is 58.6 Å². The van der Waals surface area contributed by atoms with Crippen LogP contribution in [0.2, 0.25) is 0 Å². The van der Waals surface area contributed by atoms with Gasteiger partial charge in [-0.3, -0.25) is 9.59 Å². The maximum atomic E-state index is 12.1.